The number of nitro groups is 1. The molecule has 0 aliphatic carbocycles. The van der Waals surface area contributed by atoms with Crippen LogP contribution in [0.2, 0.25) is 5.02 Å². The van der Waals surface area contributed by atoms with Gasteiger partial charge in [-0.3, -0.25) is 10.1 Å². The van der Waals surface area contributed by atoms with Crippen LogP contribution < -0.4 is 0 Å². The average molecular weight is 347 g/mol. The van der Waals surface area contributed by atoms with Crippen molar-refractivity contribution < 1.29 is 18.8 Å². The Morgan fingerprint density at radius 3 is 2.75 bits per heavy atom. The maximum atomic E-state index is 13.2. The number of aliphatic imine (C=N–C) groups is 1. The molecule has 0 amide bonds. The van der Waals surface area contributed by atoms with E-state index in [2.05, 4.69) is 4.99 Å². The Hall–Kier alpha value is -3.06. The fourth-order valence-electron chi connectivity index (χ4n) is 2.07. The molecule has 0 radical (unpaired) electrons. The van der Waals surface area contributed by atoms with Gasteiger partial charge in [-0.1, -0.05) is 23.7 Å². The average Bonchev–Trinajstić information content (AvgIpc) is 2.90. The molecule has 120 valence electrons. The van der Waals surface area contributed by atoms with E-state index in [-0.39, 0.29) is 22.3 Å². The van der Waals surface area contributed by atoms with Crippen LogP contribution in [0, 0.1) is 15.9 Å². The number of nitro benzene ring substituents is 1. The second-order valence-electron chi connectivity index (χ2n) is 4.81. The zero-order chi connectivity index (χ0) is 17.3. The first-order chi connectivity index (χ1) is 11.4. The molecule has 1 aliphatic rings. The van der Waals surface area contributed by atoms with Gasteiger partial charge in [-0.2, -0.15) is 0 Å². The fraction of sp³-hybridized carbons (Fsp3) is 0. The summed E-state index contributed by atoms with van der Waals surface area (Å²) >= 11 is 5.74. The Kier molecular flexibility index (Phi) is 4.09. The Morgan fingerprint density at radius 2 is 2.04 bits per heavy atom. The van der Waals surface area contributed by atoms with Crippen molar-refractivity contribution in [3.8, 4) is 0 Å². The third-order valence-corrected chi connectivity index (χ3v) is 3.48. The number of carbonyl (C=O) groups excluding carboxylic acids is 1. The minimum atomic E-state index is -0.730. The minimum Gasteiger partial charge on any atom is -0.402 e. The number of ether oxygens (including phenoxy) is 1. The molecule has 0 bridgehead atoms. The topological polar surface area (TPSA) is 81.8 Å². The van der Waals surface area contributed by atoms with Crippen LogP contribution in [0.3, 0.4) is 0 Å². The lowest BCUT2D eigenvalue weighted by molar-refractivity contribution is -0.384. The van der Waals surface area contributed by atoms with Crippen LogP contribution in [0.25, 0.3) is 6.08 Å². The fourth-order valence-corrected chi connectivity index (χ4v) is 2.26. The van der Waals surface area contributed by atoms with E-state index in [4.69, 9.17) is 16.3 Å². The van der Waals surface area contributed by atoms with Crippen LogP contribution in [-0.2, 0) is 9.53 Å². The number of esters is 1. The van der Waals surface area contributed by atoms with E-state index < -0.39 is 16.7 Å². The molecule has 0 atom stereocenters. The Morgan fingerprint density at radius 1 is 1.25 bits per heavy atom. The molecule has 2 aromatic rings. The summed E-state index contributed by atoms with van der Waals surface area (Å²) < 4.78 is 18.2. The van der Waals surface area contributed by atoms with Gasteiger partial charge < -0.3 is 4.74 Å². The second kappa shape index (κ2) is 6.21. The highest BCUT2D eigenvalue weighted by atomic mass is 35.5. The molecule has 6 nitrogen and oxygen atoms in total. The standard InChI is InChI=1S/C16H8ClFN2O4/c17-12-5-4-9(7-14(12)20(22)23)6-13-16(21)24-15(19-13)10-2-1-3-11(18)8-10/h1-8H. The predicted molar refractivity (Wildman–Crippen MR) is 85.1 cm³/mol. The first-order valence-corrected chi connectivity index (χ1v) is 7.04. The summed E-state index contributed by atoms with van der Waals surface area (Å²) in [6.07, 6.45) is 1.33. The summed E-state index contributed by atoms with van der Waals surface area (Å²) in [5.74, 6) is -1.25. The lowest BCUT2D eigenvalue weighted by Gasteiger charge is -1.98. The molecule has 0 fully saturated rings. The summed E-state index contributed by atoms with van der Waals surface area (Å²) in [6.45, 7) is 0. The number of benzene rings is 2. The third-order valence-electron chi connectivity index (χ3n) is 3.16. The molecule has 0 saturated heterocycles. The van der Waals surface area contributed by atoms with E-state index in [9.17, 15) is 19.3 Å². The predicted octanol–water partition coefficient (Wildman–Crippen LogP) is 3.73. The molecule has 8 heteroatoms. The molecule has 1 heterocycles. The van der Waals surface area contributed by atoms with Crippen molar-refractivity contribution in [3.63, 3.8) is 0 Å². The van der Waals surface area contributed by atoms with E-state index in [1.54, 1.807) is 6.07 Å². The summed E-state index contributed by atoms with van der Waals surface area (Å²) in [7, 11) is 0. The zero-order valence-electron chi connectivity index (χ0n) is 11.9. The Balaban J connectivity index is 1.97. The maximum absolute atomic E-state index is 13.2. The summed E-state index contributed by atoms with van der Waals surface area (Å²) in [4.78, 5) is 26.1. The quantitative estimate of drug-likeness (QED) is 0.367. The van der Waals surface area contributed by atoms with Gasteiger partial charge in [0.1, 0.15) is 10.8 Å². The molecule has 0 saturated carbocycles. The van der Waals surface area contributed by atoms with E-state index in [1.165, 1.54) is 42.5 Å². The summed E-state index contributed by atoms with van der Waals surface area (Å²) in [5, 5.41) is 10.9. The van der Waals surface area contributed by atoms with Gasteiger partial charge in [-0.25, -0.2) is 14.2 Å². The van der Waals surface area contributed by atoms with E-state index >= 15 is 0 Å². The lowest BCUT2D eigenvalue weighted by Crippen LogP contribution is -2.05. The van der Waals surface area contributed by atoms with Gasteiger partial charge in [0.2, 0.25) is 5.90 Å². The van der Waals surface area contributed by atoms with Gasteiger partial charge >= 0.3 is 5.97 Å². The van der Waals surface area contributed by atoms with Crippen LogP contribution in [0.15, 0.2) is 53.2 Å². The molecule has 2 aromatic carbocycles. The van der Waals surface area contributed by atoms with Crippen molar-refractivity contribution in [2.24, 2.45) is 4.99 Å². The number of halogens is 2. The highest BCUT2D eigenvalue weighted by Gasteiger charge is 2.24. The molecule has 0 N–H and O–H groups in total. The number of rotatable bonds is 3. The van der Waals surface area contributed by atoms with Gasteiger partial charge in [0.15, 0.2) is 5.70 Å². The van der Waals surface area contributed by atoms with Crippen LogP contribution in [0.5, 0.6) is 0 Å². The van der Waals surface area contributed by atoms with Crippen LogP contribution in [0.4, 0.5) is 10.1 Å². The van der Waals surface area contributed by atoms with E-state index in [0.717, 1.165) is 0 Å². The van der Waals surface area contributed by atoms with Gasteiger partial charge in [0, 0.05) is 11.6 Å². The van der Waals surface area contributed by atoms with Gasteiger partial charge in [0.05, 0.1) is 4.92 Å². The van der Waals surface area contributed by atoms with Crippen molar-refractivity contribution in [3.05, 3.63) is 80.2 Å². The maximum Gasteiger partial charge on any atom is 0.363 e. The highest BCUT2D eigenvalue weighted by Crippen LogP contribution is 2.27. The first kappa shape index (κ1) is 15.8. The molecule has 3 rings (SSSR count). The number of nitrogens with zero attached hydrogens (tertiary/aromatic N) is 2. The molecular formula is C16H8ClFN2O4. The third kappa shape index (κ3) is 3.16. The van der Waals surface area contributed by atoms with Gasteiger partial charge in [-0.15, -0.1) is 0 Å². The largest absolute Gasteiger partial charge is 0.402 e. The molecule has 0 aromatic heterocycles. The molecule has 24 heavy (non-hydrogen) atoms. The monoisotopic (exact) mass is 346 g/mol. The van der Waals surface area contributed by atoms with Gasteiger partial charge in [0.25, 0.3) is 5.69 Å². The zero-order valence-corrected chi connectivity index (χ0v) is 12.7. The van der Waals surface area contributed by atoms with E-state index in [0.29, 0.717) is 11.1 Å². The van der Waals surface area contributed by atoms with Crippen LogP contribution in [-0.4, -0.2) is 16.8 Å². The molecule has 1 aliphatic heterocycles. The van der Waals surface area contributed by atoms with E-state index in [1.807, 2.05) is 0 Å². The normalized spacial score (nSPS) is 15.3. The number of hydrogen-bond acceptors (Lipinski definition) is 5. The smallest absolute Gasteiger partial charge is 0.363 e. The lowest BCUT2D eigenvalue weighted by atomic mass is 10.1. The SMILES string of the molecule is O=C1OC(c2cccc(F)c2)=NC1=Cc1ccc(Cl)c([N+](=O)[O-])c1. The number of carbonyl (C=O) groups is 1. The summed E-state index contributed by atoms with van der Waals surface area (Å²) in [5.41, 5.74) is 0.341. The van der Waals surface area contributed by atoms with Crippen molar-refractivity contribution in [1.29, 1.82) is 0 Å². The summed E-state index contributed by atoms with van der Waals surface area (Å²) in [6, 6.07) is 9.52. The number of hydrogen-bond donors (Lipinski definition) is 0. The van der Waals surface area contributed by atoms with Crippen LogP contribution in [0.1, 0.15) is 11.1 Å². The van der Waals surface area contributed by atoms with Crippen molar-refractivity contribution in [1.82, 2.24) is 0 Å². The Bertz CT molecular complexity index is 924. The minimum absolute atomic E-state index is 0.0138. The van der Waals surface area contributed by atoms with Crippen molar-refractivity contribution in [2.45, 2.75) is 0 Å². The van der Waals surface area contributed by atoms with Crippen molar-refractivity contribution in [2.75, 3.05) is 0 Å². The van der Waals surface area contributed by atoms with Gasteiger partial charge in [-0.05, 0) is 35.9 Å². The van der Waals surface area contributed by atoms with Crippen molar-refractivity contribution >= 4 is 35.2 Å². The molecule has 0 spiro atoms. The molecule has 0 unspecified atom stereocenters. The highest BCUT2D eigenvalue weighted by molar-refractivity contribution is 6.32. The first-order valence-electron chi connectivity index (χ1n) is 6.66. The Labute approximate surface area is 140 Å². The van der Waals surface area contributed by atoms with Crippen LogP contribution >= 0.6 is 11.6 Å². The molecular weight excluding hydrogens is 339 g/mol. The second-order valence-corrected chi connectivity index (χ2v) is 5.22. The number of cyclic esters (lactones) is 1.